The first-order valence-corrected chi connectivity index (χ1v) is 6.76. The molecule has 3 heteroatoms. The van der Waals surface area contributed by atoms with Gasteiger partial charge in [0.15, 0.2) is 0 Å². The van der Waals surface area contributed by atoms with Crippen LogP contribution in [0.1, 0.15) is 16.5 Å². The van der Waals surface area contributed by atoms with E-state index in [2.05, 4.69) is 4.98 Å². The molecule has 0 aliphatic carbocycles. The summed E-state index contributed by atoms with van der Waals surface area (Å²) in [6.07, 6.45) is 1.93. The normalized spacial score (nSPS) is 12.7. The van der Waals surface area contributed by atoms with E-state index in [4.69, 9.17) is 0 Å². The van der Waals surface area contributed by atoms with Crippen LogP contribution in [0.3, 0.4) is 0 Å². The van der Waals surface area contributed by atoms with Crippen molar-refractivity contribution in [2.75, 3.05) is 0 Å². The fourth-order valence-electron chi connectivity index (χ4n) is 2.01. The maximum absolute atomic E-state index is 10.2. The fourth-order valence-corrected chi connectivity index (χ4v) is 2.75. The van der Waals surface area contributed by atoms with Crippen LogP contribution in [0.25, 0.3) is 10.9 Å². The molecule has 0 aliphatic rings. The number of aromatic nitrogens is 1. The van der Waals surface area contributed by atoms with E-state index < -0.39 is 6.10 Å². The van der Waals surface area contributed by atoms with Crippen LogP contribution >= 0.6 is 11.3 Å². The lowest BCUT2D eigenvalue weighted by molar-refractivity contribution is 0.179. The van der Waals surface area contributed by atoms with Crippen molar-refractivity contribution in [2.24, 2.45) is 0 Å². The van der Waals surface area contributed by atoms with E-state index in [9.17, 15) is 5.11 Å². The van der Waals surface area contributed by atoms with Gasteiger partial charge in [-0.1, -0.05) is 24.3 Å². The van der Waals surface area contributed by atoms with Gasteiger partial charge in [-0.25, -0.2) is 0 Å². The average Bonchev–Trinajstić information content (AvgIpc) is 2.91. The fraction of sp³-hybridized carbons (Fsp3) is 0.133. The van der Waals surface area contributed by atoms with Gasteiger partial charge in [0.05, 0.1) is 11.6 Å². The summed E-state index contributed by atoms with van der Waals surface area (Å²) >= 11 is 1.67. The van der Waals surface area contributed by atoms with E-state index in [-0.39, 0.29) is 0 Å². The van der Waals surface area contributed by atoms with E-state index in [0.717, 1.165) is 16.5 Å². The SMILES string of the molecule is OC(Cc1cccs1)c1cnc2ccccc2c1. The Morgan fingerprint density at radius 3 is 2.89 bits per heavy atom. The molecule has 1 unspecified atom stereocenters. The number of nitrogens with zero attached hydrogens (tertiary/aromatic N) is 1. The molecule has 0 fully saturated rings. The van der Waals surface area contributed by atoms with Crippen LogP contribution in [0.5, 0.6) is 0 Å². The summed E-state index contributed by atoms with van der Waals surface area (Å²) in [6.45, 7) is 0. The monoisotopic (exact) mass is 255 g/mol. The first kappa shape index (κ1) is 11.4. The van der Waals surface area contributed by atoms with Crippen LogP contribution in [-0.4, -0.2) is 10.1 Å². The molecule has 1 N–H and O–H groups in total. The summed E-state index contributed by atoms with van der Waals surface area (Å²) in [5.74, 6) is 0. The molecule has 3 rings (SSSR count). The van der Waals surface area contributed by atoms with Crippen molar-refractivity contribution in [2.45, 2.75) is 12.5 Å². The number of thiophene rings is 1. The van der Waals surface area contributed by atoms with E-state index >= 15 is 0 Å². The van der Waals surface area contributed by atoms with Gasteiger partial charge in [0, 0.05) is 22.9 Å². The summed E-state index contributed by atoms with van der Waals surface area (Å²) in [6, 6.07) is 14.0. The number of hydrogen-bond acceptors (Lipinski definition) is 3. The van der Waals surface area contributed by atoms with Crippen molar-refractivity contribution in [3.8, 4) is 0 Å². The zero-order chi connectivity index (χ0) is 12.4. The molecule has 1 atom stereocenters. The molecule has 0 saturated heterocycles. The largest absolute Gasteiger partial charge is 0.388 e. The molecule has 18 heavy (non-hydrogen) atoms. The number of pyridine rings is 1. The summed E-state index contributed by atoms with van der Waals surface area (Å²) in [4.78, 5) is 5.57. The smallest absolute Gasteiger partial charge is 0.0853 e. The van der Waals surface area contributed by atoms with Crippen molar-refractivity contribution < 1.29 is 5.11 Å². The maximum Gasteiger partial charge on any atom is 0.0853 e. The Bertz CT molecular complexity index is 648. The second kappa shape index (κ2) is 4.88. The Morgan fingerprint density at radius 2 is 2.06 bits per heavy atom. The third-order valence-electron chi connectivity index (χ3n) is 2.97. The number of aliphatic hydroxyl groups is 1. The van der Waals surface area contributed by atoms with Crippen LogP contribution in [0.4, 0.5) is 0 Å². The van der Waals surface area contributed by atoms with Gasteiger partial charge in [-0.15, -0.1) is 11.3 Å². The van der Waals surface area contributed by atoms with Gasteiger partial charge in [0.25, 0.3) is 0 Å². The molecule has 2 heterocycles. The molecule has 2 nitrogen and oxygen atoms in total. The minimum absolute atomic E-state index is 0.485. The zero-order valence-electron chi connectivity index (χ0n) is 9.78. The van der Waals surface area contributed by atoms with E-state index in [1.54, 1.807) is 17.5 Å². The predicted octanol–water partition coefficient (Wildman–Crippen LogP) is 3.57. The molecule has 0 amide bonds. The highest BCUT2D eigenvalue weighted by Gasteiger charge is 2.10. The number of benzene rings is 1. The minimum Gasteiger partial charge on any atom is -0.388 e. The van der Waals surface area contributed by atoms with Crippen LogP contribution in [0.15, 0.2) is 54.0 Å². The first-order chi connectivity index (χ1) is 8.83. The average molecular weight is 255 g/mol. The van der Waals surface area contributed by atoms with Crippen molar-refractivity contribution in [1.29, 1.82) is 0 Å². The van der Waals surface area contributed by atoms with Crippen molar-refractivity contribution in [1.82, 2.24) is 4.98 Å². The van der Waals surface area contributed by atoms with Crippen molar-refractivity contribution >= 4 is 22.2 Å². The molecular weight excluding hydrogens is 242 g/mol. The van der Waals surface area contributed by atoms with Gasteiger partial charge in [-0.2, -0.15) is 0 Å². The molecular formula is C15H13NOS. The Balaban J connectivity index is 1.89. The number of aliphatic hydroxyl groups excluding tert-OH is 1. The third-order valence-corrected chi connectivity index (χ3v) is 3.87. The van der Waals surface area contributed by atoms with E-state index in [1.165, 1.54) is 4.88 Å². The third kappa shape index (κ3) is 2.28. The van der Waals surface area contributed by atoms with Gasteiger partial charge >= 0.3 is 0 Å². The van der Waals surface area contributed by atoms with Gasteiger partial charge < -0.3 is 5.11 Å². The predicted molar refractivity (Wildman–Crippen MR) is 74.7 cm³/mol. The second-order valence-electron chi connectivity index (χ2n) is 4.26. The molecule has 1 aromatic carbocycles. The molecule has 3 aromatic rings. The number of hydrogen-bond donors (Lipinski definition) is 1. The summed E-state index contributed by atoms with van der Waals surface area (Å²) in [7, 11) is 0. The Labute approximate surface area is 110 Å². The number of para-hydroxylation sites is 1. The standard InChI is InChI=1S/C15H13NOS/c17-15(9-13-5-3-7-18-13)12-8-11-4-1-2-6-14(11)16-10-12/h1-8,10,15,17H,9H2. The van der Waals surface area contributed by atoms with Crippen molar-refractivity contribution in [3.05, 3.63) is 64.5 Å². The van der Waals surface area contributed by atoms with Gasteiger partial charge in [0.1, 0.15) is 0 Å². The molecule has 0 spiro atoms. The molecule has 90 valence electrons. The summed E-state index contributed by atoms with van der Waals surface area (Å²) in [5, 5.41) is 13.3. The summed E-state index contributed by atoms with van der Waals surface area (Å²) in [5.41, 5.74) is 1.84. The quantitative estimate of drug-likeness (QED) is 0.776. The molecule has 0 saturated carbocycles. The topological polar surface area (TPSA) is 33.1 Å². The molecule has 0 bridgehead atoms. The highest BCUT2D eigenvalue weighted by molar-refractivity contribution is 7.09. The highest BCUT2D eigenvalue weighted by atomic mass is 32.1. The number of rotatable bonds is 3. The second-order valence-corrected chi connectivity index (χ2v) is 5.29. The lowest BCUT2D eigenvalue weighted by Crippen LogP contribution is -2.01. The maximum atomic E-state index is 10.2. The lowest BCUT2D eigenvalue weighted by Gasteiger charge is -2.10. The molecule has 0 aliphatic heterocycles. The van der Waals surface area contributed by atoms with Crippen LogP contribution < -0.4 is 0 Å². The Hall–Kier alpha value is -1.71. The van der Waals surface area contributed by atoms with Crippen LogP contribution in [0.2, 0.25) is 0 Å². The zero-order valence-corrected chi connectivity index (χ0v) is 10.6. The highest BCUT2D eigenvalue weighted by Crippen LogP contribution is 2.23. The van der Waals surface area contributed by atoms with Gasteiger partial charge in [0.2, 0.25) is 0 Å². The Morgan fingerprint density at radius 1 is 1.17 bits per heavy atom. The lowest BCUT2D eigenvalue weighted by atomic mass is 10.1. The van der Waals surface area contributed by atoms with E-state index in [0.29, 0.717) is 6.42 Å². The molecule has 0 radical (unpaired) electrons. The molecule has 2 aromatic heterocycles. The minimum atomic E-state index is -0.485. The Kier molecular flexibility index (Phi) is 3.09. The summed E-state index contributed by atoms with van der Waals surface area (Å²) < 4.78 is 0. The van der Waals surface area contributed by atoms with Crippen molar-refractivity contribution in [3.63, 3.8) is 0 Å². The first-order valence-electron chi connectivity index (χ1n) is 5.88. The van der Waals surface area contributed by atoms with Gasteiger partial charge in [-0.3, -0.25) is 4.98 Å². The number of fused-ring (bicyclic) bond motifs is 1. The van der Waals surface area contributed by atoms with Gasteiger partial charge in [-0.05, 0) is 29.1 Å². The van der Waals surface area contributed by atoms with Crippen LogP contribution in [0, 0.1) is 0 Å². The van der Waals surface area contributed by atoms with E-state index in [1.807, 2.05) is 47.8 Å². The van der Waals surface area contributed by atoms with Crippen LogP contribution in [-0.2, 0) is 6.42 Å².